The molecule has 0 spiro atoms. The largest absolute Gasteiger partial charge is 0.497 e. The maximum Gasteiger partial charge on any atom is 0.253 e. The highest BCUT2D eigenvalue weighted by Gasteiger charge is 2.39. The van der Waals surface area contributed by atoms with Crippen molar-refractivity contribution >= 4 is 11.8 Å². The number of hydrogen-bond donors (Lipinski definition) is 1. The Balaban J connectivity index is 1.57. The van der Waals surface area contributed by atoms with Gasteiger partial charge in [-0.25, -0.2) is 0 Å². The van der Waals surface area contributed by atoms with E-state index in [2.05, 4.69) is 15.2 Å². The van der Waals surface area contributed by atoms with Crippen LogP contribution in [0.3, 0.4) is 0 Å². The van der Waals surface area contributed by atoms with Crippen LogP contribution in [-0.2, 0) is 11.3 Å². The summed E-state index contributed by atoms with van der Waals surface area (Å²) < 4.78 is 5.23. The standard InChI is InChI=1S/C26H34N4O3/c1-33-22-8-6-21(7-9-22)26(32)30-17-12-23-24(19-30)29(18-20-10-14-27-15-11-20)16-5-3-2-4-13-28-25(23)31/h6-11,14-15,23-24H,2-5,12-13,16-19H2,1H3,(H,28,31)/t23-,24-/m1/s1. The monoisotopic (exact) mass is 450 g/mol. The fourth-order valence-corrected chi connectivity index (χ4v) is 4.93. The maximum atomic E-state index is 13.3. The number of benzene rings is 1. The van der Waals surface area contributed by atoms with Crippen LogP contribution in [-0.4, -0.2) is 65.9 Å². The number of carbonyl (C=O) groups is 2. The van der Waals surface area contributed by atoms with Crippen LogP contribution in [0.5, 0.6) is 5.75 Å². The Morgan fingerprint density at radius 1 is 1.06 bits per heavy atom. The first-order valence-electron chi connectivity index (χ1n) is 12.0. The molecule has 1 aromatic carbocycles. The molecule has 2 atom stereocenters. The lowest BCUT2D eigenvalue weighted by Crippen LogP contribution is -2.57. The van der Waals surface area contributed by atoms with Crippen LogP contribution in [0.25, 0.3) is 0 Å². The quantitative estimate of drug-likeness (QED) is 0.775. The molecule has 2 fully saturated rings. The lowest BCUT2D eigenvalue weighted by molar-refractivity contribution is -0.129. The zero-order valence-corrected chi connectivity index (χ0v) is 19.4. The highest BCUT2D eigenvalue weighted by molar-refractivity contribution is 5.94. The molecular weight excluding hydrogens is 416 g/mol. The van der Waals surface area contributed by atoms with E-state index in [9.17, 15) is 9.59 Å². The third-order valence-electron chi connectivity index (χ3n) is 6.82. The van der Waals surface area contributed by atoms with Gasteiger partial charge in [-0.3, -0.25) is 19.5 Å². The molecule has 7 nitrogen and oxygen atoms in total. The molecule has 2 amide bonds. The summed E-state index contributed by atoms with van der Waals surface area (Å²) in [5.74, 6) is 0.742. The van der Waals surface area contributed by atoms with E-state index >= 15 is 0 Å². The topological polar surface area (TPSA) is 74.8 Å². The summed E-state index contributed by atoms with van der Waals surface area (Å²) in [5, 5.41) is 3.16. The summed E-state index contributed by atoms with van der Waals surface area (Å²) in [6.07, 6.45) is 8.68. The number of pyridine rings is 1. The summed E-state index contributed by atoms with van der Waals surface area (Å²) in [6, 6.07) is 11.3. The number of nitrogens with one attached hydrogen (secondary N) is 1. The number of carbonyl (C=O) groups excluding carboxylic acids is 2. The van der Waals surface area contributed by atoms with Crippen molar-refractivity contribution in [1.82, 2.24) is 20.1 Å². The highest BCUT2D eigenvalue weighted by Crippen LogP contribution is 2.27. The number of ether oxygens (including phenoxy) is 1. The van der Waals surface area contributed by atoms with Gasteiger partial charge in [-0.1, -0.05) is 12.8 Å². The second kappa shape index (κ2) is 11.3. The second-order valence-corrected chi connectivity index (χ2v) is 8.97. The minimum absolute atomic E-state index is 0.00897. The van der Waals surface area contributed by atoms with Crippen molar-refractivity contribution in [1.29, 1.82) is 0 Å². The van der Waals surface area contributed by atoms with Crippen LogP contribution < -0.4 is 10.1 Å². The van der Waals surface area contributed by atoms with Gasteiger partial charge in [-0.05, 0) is 67.8 Å². The average molecular weight is 451 g/mol. The normalized spacial score (nSPS) is 22.6. The summed E-state index contributed by atoms with van der Waals surface area (Å²) in [7, 11) is 1.62. The van der Waals surface area contributed by atoms with Crippen LogP contribution >= 0.6 is 0 Å². The van der Waals surface area contributed by atoms with E-state index in [1.54, 1.807) is 7.11 Å². The molecule has 33 heavy (non-hydrogen) atoms. The molecule has 2 aromatic rings. The SMILES string of the molecule is COc1ccc(C(=O)N2CC[C@H]3C(=O)NCCCCCCN(Cc4ccncc4)[C@@H]3C2)cc1. The summed E-state index contributed by atoms with van der Waals surface area (Å²) in [6.45, 7) is 3.54. The van der Waals surface area contributed by atoms with Gasteiger partial charge in [0.25, 0.3) is 5.91 Å². The number of aromatic nitrogens is 1. The lowest BCUT2D eigenvalue weighted by Gasteiger charge is -2.43. The van der Waals surface area contributed by atoms with Gasteiger partial charge in [0, 0.05) is 50.2 Å². The van der Waals surface area contributed by atoms with E-state index in [0.29, 0.717) is 25.1 Å². The summed E-state index contributed by atoms with van der Waals surface area (Å²) in [4.78, 5) is 34.9. The molecule has 1 aromatic heterocycles. The number of nitrogens with zero attached hydrogens (tertiary/aromatic N) is 3. The smallest absolute Gasteiger partial charge is 0.253 e. The maximum absolute atomic E-state index is 13.3. The van der Waals surface area contributed by atoms with Gasteiger partial charge in [-0.2, -0.15) is 0 Å². The van der Waals surface area contributed by atoms with Gasteiger partial charge in [-0.15, -0.1) is 0 Å². The number of likely N-dealkylation sites (tertiary alicyclic amines) is 1. The first-order chi connectivity index (χ1) is 16.2. The van der Waals surface area contributed by atoms with Crippen LogP contribution in [0.2, 0.25) is 0 Å². The molecule has 0 aliphatic carbocycles. The van der Waals surface area contributed by atoms with Crippen LogP contribution in [0.15, 0.2) is 48.8 Å². The predicted molar refractivity (Wildman–Crippen MR) is 127 cm³/mol. The van der Waals surface area contributed by atoms with Crippen molar-refractivity contribution in [2.45, 2.75) is 44.7 Å². The van der Waals surface area contributed by atoms with Crippen molar-refractivity contribution in [2.75, 3.05) is 33.3 Å². The molecule has 1 N–H and O–H groups in total. The Bertz CT molecular complexity index is 919. The van der Waals surface area contributed by atoms with Crippen LogP contribution in [0.4, 0.5) is 0 Å². The molecule has 2 aliphatic heterocycles. The van der Waals surface area contributed by atoms with Gasteiger partial charge in [0.1, 0.15) is 5.75 Å². The number of piperidine rings is 1. The first-order valence-corrected chi connectivity index (χ1v) is 12.0. The molecule has 0 unspecified atom stereocenters. The van der Waals surface area contributed by atoms with Gasteiger partial charge >= 0.3 is 0 Å². The van der Waals surface area contributed by atoms with Crippen LogP contribution in [0, 0.1) is 5.92 Å². The Hall–Kier alpha value is -2.93. The minimum Gasteiger partial charge on any atom is -0.497 e. The van der Waals surface area contributed by atoms with E-state index in [-0.39, 0.29) is 23.8 Å². The van der Waals surface area contributed by atoms with Crippen molar-refractivity contribution in [3.63, 3.8) is 0 Å². The second-order valence-electron chi connectivity index (χ2n) is 8.97. The molecule has 7 heteroatoms. The van der Waals surface area contributed by atoms with E-state index in [1.807, 2.05) is 53.7 Å². The predicted octanol–water partition coefficient (Wildman–Crippen LogP) is 3.11. The Morgan fingerprint density at radius 2 is 1.82 bits per heavy atom. The third kappa shape index (κ3) is 5.90. The minimum atomic E-state index is -0.121. The van der Waals surface area contributed by atoms with Gasteiger partial charge < -0.3 is 15.0 Å². The average Bonchev–Trinajstić information content (AvgIpc) is 2.89. The molecule has 0 radical (unpaired) electrons. The van der Waals surface area contributed by atoms with E-state index in [0.717, 1.165) is 51.1 Å². The number of fused-ring (bicyclic) bond motifs is 1. The highest BCUT2D eigenvalue weighted by atomic mass is 16.5. The summed E-state index contributed by atoms with van der Waals surface area (Å²) >= 11 is 0. The summed E-state index contributed by atoms with van der Waals surface area (Å²) in [5.41, 5.74) is 1.83. The molecule has 2 aliphatic rings. The Labute approximate surface area is 196 Å². The molecule has 0 saturated carbocycles. The van der Waals surface area contributed by atoms with Crippen molar-refractivity contribution in [3.8, 4) is 5.75 Å². The Morgan fingerprint density at radius 3 is 2.58 bits per heavy atom. The van der Waals surface area contributed by atoms with Crippen LogP contribution in [0.1, 0.15) is 48.0 Å². The number of methoxy groups -OCH3 is 1. The van der Waals surface area contributed by atoms with Gasteiger partial charge in [0.15, 0.2) is 0 Å². The van der Waals surface area contributed by atoms with E-state index in [1.165, 1.54) is 5.56 Å². The molecule has 0 bridgehead atoms. The molecular formula is C26H34N4O3. The lowest BCUT2D eigenvalue weighted by atomic mass is 9.88. The first kappa shape index (κ1) is 23.2. The number of rotatable bonds is 4. The van der Waals surface area contributed by atoms with Crippen molar-refractivity contribution in [3.05, 3.63) is 59.9 Å². The zero-order valence-electron chi connectivity index (χ0n) is 19.4. The molecule has 4 rings (SSSR count). The number of amides is 2. The fourth-order valence-electron chi connectivity index (χ4n) is 4.93. The molecule has 2 saturated heterocycles. The van der Waals surface area contributed by atoms with Crippen molar-refractivity contribution in [2.24, 2.45) is 5.92 Å². The third-order valence-corrected chi connectivity index (χ3v) is 6.82. The fraction of sp³-hybridized carbons (Fsp3) is 0.500. The molecule has 176 valence electrons. The number of hydrogen-bond acceptors (Lipinski definition) is 5. The van der Waals surface area contributed by atoms with Gasteiger partial charge in [0.05, 0.1) is 13.0 Å². The van der Waals surface area contributed by atoms with Crippen molar-refractivity contribution < 1.29 is 14.3 Å². The zero-order chi connectivity index (χ0) is 23.0. The van der Waals surface area contributed by atoms with Gasteiger partial charge in [0.2, 0.25) is 5.91 Å². The van der Waals surface area contributed by atoms with E-state index in [4.69, 9.17) is 4.74 Å². The Kier molecular flexibility index (Phi) is 7.94. The van der Waals surface area contributed by atoms with E-state index < -0.39 is 0 Å². The molecule has 3 heterocycles.